The molecule has 2 aliphatic rings. The molecule has 21 heavy (non-hydrogen) atoms. The molecule has 0 radical (unpaired) electrons. The molecular weight excluding hydrogens is 268 g/mol. The number of nitrogens with zero attached hydrogens (tertiary/aromatic N) is 2. The monoisotopic (exact) mass is 288 g/mol. The molecule has 1 N–H and O–H groups in total. The van der Waals surface area contributed by atoms with Crippen LogP contribution in [0.25, 0.3) is 6.08 Å². The summed E-state index contributed by atoms with van der Waals surface area (Å²) in [6.45, 7) is 1.63. The maximum Gasteiger partial charge on any atom is 0.328 e. The number of carboxylic acids is 1. The number of anilines is 1. The first kappa shape index (κ1) is 14.1. The molecular formula is C16H20N2O3. The van der Waals surface area contributed by atoms with E-state index >= 15 is 0 Å². The smallest absolute Gasteiger partial charge is 0.328 e. The van der Waals surface area contributed by atoms with Crippen molar-refractivity contribution in [3.05, 3.63) is 30.0 Å². The Morgan fingerprint density at radius 2 is 2.24 bits per heavy atom. The molecule has 112 valence electrons. The molecule has 2 unspecified atom stereocenters. The molecule has 0 spiro atoms. The van der Waals surface area contributed by atoms with Crippen molar-refractivity contribution in [2.75, 3.05) is 18.1 Å². The lowest BCUT2D eigenvalue weighted by atomic mass is 9.90. The van der Waals surface area contributed by atoms with Crippen LogP contribution in [0.5, 0.6) is 0 Å². The third kappa shape index (κ3) is 3.24. The first-order valence-electron chi connectivity index (χ1n) is 7.49. The van der Waals surface area contributed by atoms with Crippen LogP contribution in [0.4, 0.5) is 5.82 Å². The first-order valence-corrected chi connectivity index (χ1v) is 7.49. The predicted molar refractivity (Wildman–Crippen MR) is 80.2 cm³/mol. The van der Waals surface area contributed by atoms with Crippen molar-refractivity contribution >= 4 is 17.9 Å². The highest BCUT2D eigenvalue weighted by Crippen LogP contribution is 2.31. The van der Waals surface area contributed by atoms with E-state index in [1.165, 1.54) is 12.8 Å². The Bertz CT molecular complexity index is 525. The Kier molecular flexibility index (Phi) is 4.20. The summed E-state index contributed by atoms with van der Waals surface area (Å²) >= 11 is 0. The van der Waals surface area contributed by atoms with Gasteiger partial charge in [0.15, 0.2) is 0 Å². The van der Waals surface area contributed by atoms with Gasteiger partial charge in [0.1, 0.15) is 5.82 Å². The van der Waals surface area contributed by atoms with Crippen LogP contribution in [0, 0.1) is 0 Å². The van der Waals surface area contributed by atoms with Crippen molar-refractivity contribution in [1.82, 2.24) is 4.98 Å². The van der Waals surface area contributed by atoms with E-state index in [1.807, 2.05) is 12.1 Å². The number of rotatable bonds is 3. The summed E-state index contributed by atoms with van der Waals surface area (Å²) in [5, 5.41) is 8.63. The fourth-order valence-corrected chi connectivity index (χ4v) is 3.21. The van der Waals surface area contributed by atoms with Crippen molar-refractivity contribution in [2.45, 2.75) is 37.8 Å². The van der Waals surface area contributed by atoms with Crippen molar-refractivity contribution in [3.63, 3.8) is 0 Å². The molecule has 5 heteroatoms. The molecule has 2 fully saturated rings. The van der Waals surface area contributed by atoms with Crippen LogP contribution in [0.3, 0.4) is 0 Å². The number of carbonyl (C=O) groups is 1. The SMILES string of the molecule is O=C(O)/C=C/c1ccc(N2CCOC3CCCCC32)nc1. The molecule has 1 aliphatic carbocycles. The van der Waals surface area contributed by atoms with Gasteiger partial charge in [-0.05, 0) is 36.6 Å². The van der Waals surface area contributed by atoms with Gasteiger partial charge >= 0.3 is 5.97 Å². The highest BCUT2D eigenvalue weighted by molar-refractivity contribution is 5.85. The second kappa shape index (κ2) is 6.26. The van der Waals surface area contributed by atoms with Gasteiger partial charge in [-0.1, -0.05) is 12.8 Å². The van der Waals surface area contributed by atoms with Gasteiger partial charge in [0.05, 0.1) is 18.8 Å². The van der Waals surface area contributed by atoms with E-state index in [0.717, 1.165) is 43.5 Å². The van der Waals surface area contributed by atoms with Crippen molar-refractivity contribution in [3.8, 4) is 0 Å². The lowest BCUT2D eigenvalue weighted by molar-refractivity contribution is -0.131. The maximum atomic E-state index is 10.5. The topological polar surface area (TPSA) is 62.7 Å². The minimum Gasteiger partial charge on any atom is -0.478 e. The molecule has 1 aromatic heterocycles. The van der Waals surface area contributed by atoms with Crippen LogP contribution in [-0.4, -0.2) is 41.4 Å². The number of morpholine rings is 1. The predicted octanol–water partition coefficient (Wildman–Crippen LogP) is 2.33. The normalized spacial score (nSPS) is 25.8. The summed E-state index contributed by atoms with van der Waals surface area (Å²) in [6, 6.07) is 4.31. The Morgan fingerprint density at radius 1 is 1.38 bits per heavy atom. The molecule has 5 nitrogen and oxygen atoms in total. The van der Waals surface area contributed by atoms with Crippen molar-refractivity contribution in [1.29, 1.82) is 0 Å². The van der Waals surface area contributed by atoms with Crippen LogP contribution in [0.1, 0.15) is 31.2 Å². The van der Waals surface area contributed by atoms with E-state index in [4.69, 9.17) is 9.84 Å². The summed E-state index contributed by atoms with van der Waals surface area (Å²) in [6.07, 6.45) is 9.54. The molecule has 0 amide bonds. The van der Waals surface area contributed by atoms with E-state index < -0.39 is 5.97 Å². The highest BCUT2D eigenvalue weighted by atomic mass is 16.5. The third-order valence-corrected chi connectivity index (χ3v) is 4.22. The largest absolute Gasteiger partial charge is 0.478 e. The van der Waals surface area contributed by atoms with Crippen LogP contribution < -0.4 is 4.90 Å². The Morgan fingerprint density at radius 3 is 3.00 bits per heavy atom. The minimum absolute atomic E-state index is 0.334. The standard InChI is InChI=1S/C16H20N2O3/c19-16(20)8-6-12-5-7-15(17-11-12)18-9-10-21-14-4-2-1-3-13(14)18/h5-8,11,13-14H,1-4,9-10H2,(H,19,20)/b8-6+. The summed E-state index contributed by atoms with van der Waals surface area (Å²) in [4.78, 5) is 17.4. The molecule has 1 saturated heterocycles. The Hall–Kier alpha value is -1.88. The quantitative estimate of drug-likeness (QED) is 0.865. The first-order chi connectivity index (χ1) is 10.2. The van der Waals surface area contributed by atoms with Crippen LogP contribution in [0.15, 0.2) is 24.4 Å². The summed E-state index contributed by atoms with van der Waals surface area (Å²) in [5.74, 6) is 0.0139. The number of pyridine rings is 1. The zero-order valence-electron chi connectivity index (χ0n) is 11.9. The fraction of sp³-hybridized carbons (Fsp3) is 0.500. The lowest BCUT2D eigenvalue weighted by Crippen LogP contribution is -2.53. The number of carboxylic acid groups (broad SMARTS) is 1. The molecule has 0 bridgehead atoms. The van der Waals surface area contributed by atoms with Crippen molar-refractivity contribution in [2.24, 2.45) is 0 Å². The zero-order chi connectivity index (χ0) is 14.7. The molecule has 0 aromatic carbocycles. The minimum atomic E-state index is -0.947. The van der Waals surface area contributed by atoms with Gasteiger partial charge in [-0.2, -0.15) is 0 Å². The molecule has 2 heterocycles. The molecule has 1 saturated carbocycles. The second-order valence-corrected chi connectivity index (χ2v) is 5.58. The van der Waals surface area contributed by atoms with Crippen LogP contribution >= 0.6 is 0 Å². The fourth-order valence-electron chi connectivity index (χ4n) is 3.21. The Balaban J connectivity index is 1.75. The number of hydrogen-bond donors (Lipinski definition) is 1. The number of aromatic nitrogens is 1. The van der Waals surface area contributed by atoms with E-state index in [2.05, 4.69) is 9.88 Å². The van der Waals surface area contributed by atoms with Gasteiger partial charge in [0.2, 0.25) is 0 Å². The average molecular weight is 288 g/mol. The number of aliphatic carboxylic acids is 1. The zero-order valence-corrected chi connectivity index (χ0v) is 11.9. The second-order valence-electron chi connectivity index (χ2n) is 5.58. The van der Waals surface area contributed by atoms with Gasteiger partial charge in [0, 0.05) is 18.8 Å². The number of fused-ring (bicyclic) bond motifs is 1. The van der Waals surface area contributed by atoms with E-state index in [-0.39, 0.29) is 0 Å². The average Bonchev–Trinajstić information content (AvgIpc) is 2.53. The summed E-state index contributed by atoms with van der Waals surface area (Å²) in [5.41, 5.74) is 0.801. The lowest BCUT2D eigenvalue weighted by Gasteiger charge is -2.44. The van der Waals surface area contributed by atoms with Crippen LogP contribution in [-0.2, 0) is 9.53 Å². The van der Waals surface area contributed by atoms with Gasteiger partial charge in [-0.25, -0.2) is 9.78 Å². The molecule has 1 aromatic rings. The number of hydrogen-bond acceptors (Lipinski definition) is 4. The maximum absolute atomic E-state index is 10.5. The van der Waals surface area contributed by atoms with Gasteiger partial charge in [-0.3, -0.25) is 0 Å². The van der Waals surface area contributed by atoms with E-state index in [0.29, 0.717) is 12.1 Å². The third-order valence-electron chi connectivity index (χ3n) is 4.22. The molecule has 3 rings (SSSR count). The molecule has 1 aliphatic heterocycles. The Labute approximate surface area is 124 Å². The summed E-state index contributed by atoms with van der Waals surface area (Å²) in [7, 11) is 0. The van der Waals surface area contributed by atoms with Gasteiger partial charge in [-0.15, -0.1) is 0 Å². The summed E-state index contributed by atoms with van der Waals surface area (Å²) < 4.78 is 5.88. The molecule has 2 atom stereocenters. The number of ether oxygens (including phenoxy) is 1. The van der Waals surface area contributed by atoms with E-state index in [9.17, 15) is 4.79 Å². The van der Waals surface area contributed by atoms with E-state index in [1.54, 1.807) is 12.3 Å². The van der Waals surface area contributed by atoms with Crippen LogP contribution in [0.2, 0.25) is 0 Å². The van der Waals surface area contributed by atoms with Gasteiger partial charge < -0.3 is 14.7 Å². The van der Waals surface area contributed by atoms with Gasteiger partial charge in [0.25, 0.3) is 0 Å². The van der Waals surface area contributed by atoms with Crippen molar-refractivity contribution < 1.29 is 14.6 Å². The highest BCUT2D eigenvalue weighted by Gasteiger charge is 2.34.